The summed E-state index contributed by atoms with van der Waals surface area (Å²) >= 11 is 0. The SMILES string of the molecule is O=[C]C(CCC1CC1)C(=O)CCCC1CCC1. The summed E-state index contributed by atoms with van der Waals surface area (Å²) in [5.74, 6) is 1.39. The molecule has 0 saturated heterocycles. The fraction of sp³-hybridized carbons (Fsp3) is 0.867. The summed E-state index contributed by atoms with van der Waals surface area (Å²) < 4.78 is 0. The van der Waals surface area contributed by atoms with E-state index in [-0.39, 0.29) is 5.78 Å². The van der Waals surface area contributed by atoms with Gasteiger partial charge in [-0.2, -0.15) is 0 Å². The molecule has 2 fully saturated rings. The van der Waals surface area contributed by atoms with E-state index in [1.165, 1.54) is 38.5 Å². The highest BCUT2D eigenvalue weighted by Gasteiger charge is 2.25. The zero-order valence-electron chi connectivity index (χ0n) is 10.6. The Labute approximate surface area is 104 Å². The van der Waals surface area contributed by atoms with Gasteiger partial charge in [-0.15, -0.1) is 0 Å². The molecule has 95 valence electrons. The maximum Gasteiger partial charge on any atom is 0.209 e. The highest BCUT2D eigenvalue weighted by atomic mass is 16.1. The van der Waals surface area contributed by atoms with Gasteiger partial charge >= 0.3 is 0 Å². The van der Waals surface area contributed by atoms with Crippen molar-refractivity contribution in [3.05, 3.63) is 0 Å². The number of rotatable bonds is 9. The van der Waals surface area contributed by atoms with Gasteiger partial charge in [0.15, 0.2) is 0 Å². The van der Waals surface area contributed by atoms with E-state index in [4.69, 9.17) is 0 Å². The lowest BCUT2D eigenvalue weighted by Gasteiger charge is -2.25. The summed E-state index contributed by atoms with van der Waals surface area (Å²) in [5, 5.41) is 0. The van der Waals surface area contributed by atoms with Crippen LogP contribution in [0.15, 0.2) is 0 Å². The fourth-order valence-electron chi connectivity index (χ4n) is 2.62. The normalized spacial score (nSPS) is 21.9. The monoisotopic (exact) mass is 235 g/mol. The van der Waals surface area contributed by atoms with Crippen molar-refractivity contribution in [1.29, 1.82) is 0 Å². The first-order valence-corrected chi connectivity index (χ1v) is 7.20. The van der Waals surface area contributed by atoms with Crippen LogP contribution in [0.5, 0.6) is 0 Å². The van der Waals surface area contributed by atoms with Crippen LogP contribution in [0, 0.1) is 17.8 Å². The lowest BCUT2D eigenvalue weighted by molar-refractivity contribution is -0.121. The Bertz CT molecular complexity index is 264. The van der Waals surface area contributed by atoms with Gasteiger partial charge in [0, 0.05) is 6.42 Å². The number of carbonyl (C=O) groups is 1. The first-order valence-electron chi connectivity index (χ1n) is 7.20. The smallest absolute Gasteiger partial charge is 0.209 e. The number of Topliss-reactive ketones (excluding diaryl/α,β-unsaturated/α-hetero) is 1. The lowest BCUT2D eigenvalue weighted by Crippen LogP contribution is -2.17. The first kappa shape index (κ1) is 12.8. The van der Waals surface area contributed by atoms with Crippen molar-refractivity contribution in [3.63, 3.8) is 0 Å². The molecule has 2 rings (SSSR count). The van der Waals surface area contributed by atoms with Crippen molar-refractivity contribution in [1.82, 2.24) is 0 Å². The molecule has 0 aromatic carbocycles. The molecule has 1 atom stereocenters. The molecule has 0 bridgehead atoms. The molecule has 17 heavy (non-hydrogen) atoms. The third-order valence-corrected chi connectivity index (χ3v) is 4.35. The van der Waals surface area contributed by atoms with Gasteiger partial charge < -0.3 is 0 Å². The summed E-state index contributed by atoms with van der Waals surface area (Å²) in [7, 11) is 0. The van der Waals surface area contributed by atoms with E-state index in [9.17, 15) is 9.59 Å². The average Bonchev–Trinajstić information content (AvgIpc) is 3.06. The highest BCUT2D eigenvalue weighted by Crippen LogP contribution is 2.35. The van der Waals surface area contributed by atoms with Crippen molar-refractivity contribution in [2.45, 2.75) is 64.2 Å². The van der Waals surface area contributed by atoms with Gasteiger partial charge in [0.2, 0.25) is 6.29 Å². The molecule has 0 amide bonds. The van der Waals surface area contributed by atoms with Crippen LogP contribution in [0.25, 0.3) is 0 Å². The van der Waals surface area contributed by atoms with Crippen LogP contribution in [-0.4, -0.2) is 12.1 Å². The summed E-state index contributed by atoms with van der Waals surface area (Å²) in [6, 6.07) is 0. The minimum atomic E-state index is -0.419. The van der Waals surface area contributed by atoms with Crippen molar-refractivity contribution >= 4 is 12.1 Å². The molecule has 0 spiro atoms. The molecule has 2 aliphatic rings. The van der Waals surface area contributed by atoms with E-state index >= 15 is 0 Å². The zero-order chi connectivity index (χ0) is 12.1. The van der Waals surface area contributed by atoms with Crippen LogP contribution in [-0.2, 0) is 9.59 Å². The molecule has 0 aromatic heterocycles. The van der Waals surface area contributed by atoms with Gasteiger partial charge in [0.1, 0.15) is 5.78 Å². The van der Waals surface area contributed by atoms with Crippen molar-refractivity contribution < 1.29 is 9.59 Å². The second-order valence-electron chi connectivity index (χ2n) is 5.85. The quantitative estimate of drug-likeness (QED) is 0.574. The molecule has 2 aliphatic carbocycles. The third kappa shape index (κ3) is 4.25. The molecule has 0 N–H and O–H groups in total. The standard InChI is InChI=1S/C15H23O2/c16-11-14(10-9-13-7-8-13)15(17)6-2-5-12-3-1-4-12/h12-14H,1-10H2. The molecule has 0 heterocycles. The Morgan fingerprint density at radius 1 is 1.12 bits per heavy atom. The van der Waals surface area contributed by atoms with Gasteiger partial charge in [-0.05, 0) is 31.1 Å². The predicted octanol–water partition coefficient (Wildman–Crippen LogP) is 3.44. The first-order chi connectivity index (χ1) is 8.29. The molecule has 1 unspecified atom stereocenters. The van der Waals surface area contributed by atoms with Gasteiger partial charge in [-0.25, -0.2) is 0 Å². The van der Waals surface area contributed by atoms with E-state index in [1.807, 2.05) is 6.29 Å². The lowest BCUT2D eigenvalue weighted by atomic mass is 9.81. The maximum absolute atomic E-state index is 11.8. The van der Waals surface area contributed by atoms with Crippen molar-refractivity contribution in [2.24, 2.45) is 17.8 Å². The highest BCUT2D eigenvalue weighted by molar-refractivity contribution is 5.93. The van der Waals surface area contributed by atoms with Crippen LogP contribution >= 0.6 is 0 Å². The molecule has 2 heteroatoms. The number of carbonyl (C=O) groups excluding carboxylic acids is 2. The number of hydrogen-bond acceptors (Lipinski definition) is 2. The Hall–Kier alpha value is -0.660. The molecule has 1 radical (unpaired) electrons. The fourth-order valence-corrected chi connectivity index (χ4v) is 2.62. The van der Waals surface area contributed by atoms with Crippen LogP contribution in [0.1, 0.15) is 64.2 Å². The third-order valence-electron chi connectivity index (χ3n) is 4.35. The van der Waals surface area contributed by atoms with E-state index in [2.05, 4.69) is 0 Å². The Morgan fingerprint density at radius 2 is 1.82 bits per heavy atom. The number of hydrogen-bond donors (Lipinski definition) is 0. The second-order valence-corrected chi connectivity index (χ2v) is 5.85. The maximum atomic E-state index is 11.8. The van der Waals surface area contributed by atoms with Crippen LogP contribution in [0.3, 0.4) is 0 Å². The largest absolute Gasteiger partial charge is 0.299 e. The van der Waals surface area contributed by atoms with Crippen LogP contribution < -0.4 is 0 Å². The molecule has 0 aromatic rings. The van der Waals surface area contributed by atoms with Crippen LogP contribution in [0.2, 0.25) is 0 Å². The summed E-state index contributed by atoms with van der Waals surface area (Å²) in [5.41, 5.74) is 0. The topological polar surface area (TPSA) is 34.1 Å². The Balaban J connectivity index is 1.58. The van der Waals surface area contributed by atoms with E-state index in [0.717, 1.165) is 31.1 Å². The van der Waals surface area contributed by atoms with Gasteiger partial charge in [0.05, 0.1) is 5.92 Å². The molecular weight excluding hydrogens is 212 g/mol. The van der Waals surface area contributed by atoms with E-state index < -0.39 is 5.92 Å². The second kappa shape index (κ2) is 6.32. The minimum absolute atomic E-state index is 0.139. The zero-order valence-corrected chi connectivity index (χ0v) is 10.6. The van der Waals surface area contributed by atoms with Gasteiger partial charge in [0.25, 0.3) is 0 Å². The van der Waals surface area contributed by atoms with Gasteiger partial charge in [-0.3, -0.25) is 9.59 Å². The van der Waals surface area contributed by atoms with Gasteiger partial charge in [-0.1, -0.05) is 38.5 Å². The van der Waals surface area contributed by atoms with Crippen molar-refractivity contribution in [3.8, 4) is 0 Å². The minimum Gasteiger partial charge on any atom is -0.299 e. The van der Waals surface area contributed by atoms with Crippen molar-refractivity contribution in [2.75, 3.05) is 0 Å². The molecule has 2 nitrogen and oxygen atoms in total. The predicted molar refractivity (Wildman–Crippen MR) is 67.3 cm³/mol. The molecule has 2 saturated carbocycles. The average molecular weight is 235 g/mol. The van der Waals surface area contributed by atoms with E-state index in [0.29, 0.717) is 6.42 Å². The Morgan fingerprint density at radius 3 is 2.35 bits per heavy atom. The summed E-state index contributed by atoms with van der Waals surface area (Å²) in [6.07, 6.45) is 13.1. The molecule has 0 aliphatic heterocycles. The summed E-state index contributed by atoms with van der Waals surface area (Å²) in [6.45, 7) is 0. The number of ketones is 1. The Kier molecular flexibility index (Phi) is 4.75. The van der Waals surface area contributed by atoms with E-state index in [1.54, 1.807) is 0 Å². The molecular formula is C15H23O2. The summed E-state index contributed by atoms with van der Waals surface area (Å²) in [4.78, 5) is 22.6. The van der Waals surface area contributed by atoms with Crippen LogP contribution in [0.4, 0.5) is 0 Å².